The second-order valence-corrected chi connectivity index (χ2v) is 11.2. The molecular weight excluding hydrogens is 588 g/mol. The van der Waals surface area contributed by atoms with Crippen LogP contribution in [0.1, 0.15) is 69.2 Å². The number of hydrogen-bond donors (Lipinski definition) is 1. The van der Waals surface area contributed by atoms with Gasteiger partial charge < -0.3 is 18.6 Å². The van der Waals surface area contributed by atoms with Gasteiger partial charge in [0.25, 0.3) is 0 Å². The summed E-state index contributed by atoms with van der Waals surface area (Å²) in [7, 11) is -0.607. The predicted molar refractivity (Wildman–Crippen MR) is 137 cm³/mol. The predicted octanol–water partition coefficient (Wildman–Crippen LogP) is 3.31. The number of hydrogen-bond acceptors (Lipinski definition) is 6. The van der Waals surface area contributed by atoms with Crippen molar-refractivity contribution in [3.63, 3.8) is 0 Å². The number of nitrogens with zero attached hydrogens (tertiary/aromatic N) is 3. The molecule has 4 heterocycles. The van der Waals surface area contributed by atoms with E-state index in [-0.39, 0.29) is 73.8 Å². The van der Waals surface area contributed by atoms with Gasteiger partial charge in [0, 0.05) is 84.7 Å². The van der Waals surface area contributed by atoms with Crippen molar-refractivity contribution in [2.45, 2.75) is 98.2 Å². The van der Waals surface area contributed by atoms with Crippen molar-refractivity contribution < 1.29 is 55.7 Å². The maximum Gasteiger partial charge on any atom is 0.498 e. The molecule has 35 heavy (non-hydrogen) atoms. The van der Waals surface area contributed by atoms with Gasteiger partial charge in [-0.15, -0.1) is 0 Å². The maximum atomic E-state index is 5.93. The molecule has 2 aliphatic heterocycles. The Kier molecular flexibility index (Phi) is 13.7. The SMILES string of the molecule is CC1(C)OB(c2cn[nH]c2)OC1(C)C.CCBr.CCn1cc(B2OC(C)(C)C(C)(C)O2)cn1.[V].[V]. The third-order valence-corrected chi connectivity index (χ3v) is 6.55. The summed E-state index contributed by atoms with van der Waals surface area (Å²) in [5.41, 5.74) is 0.783. The second kappa shape index (κ2) is 13.7. The molecule has 0 atom stereocenters. The van der Waals surface area contributed by atoms with E-state index in [4.69, 9.17) is 18.6 Å². The van der Waals surface area contributed by atoms with Gasteiger partial charge in [-0.25, -0.2) is 0 Å². The maximum absolute atomic E-state index is 5.93. The fourth-order valence-electron chi connectivity index (χ4n) is 3.02. The van der Waals surface area contributed by atoms with Gasteiger partial charge in [0.15, 0.2) is 0 Å². The van der Waals surface area contributed by atoms with Gasteiger partial charge in [0.2, 0.25) is 0 Å². The van der Waals surface area contributed by atoms with E-state index >= 15 is 0 Å². The molecule has 0 unspecified atom stereocenters. The molecule has 1 N–H and O–H groups in total. The van der Waals surface area contributed by atoms with E-state index < -0.39 is 0 Å². The summed E-state index contributed by atoms with van der Waals surface area (Å²) in [5, 5.41) is 11.9. The molecule has 0 spiro atoms. The number of aromatic nitrogens is 4. The quantitative estimate of drug-likeness (QED) is 0.416. The molecule has 0 bridgehead atoms. The van der Waals surface area contributed by atoms with E-state index in [1.165, 1.54) is 0 Å². The van der Waals surface area contributed by atoms with Gasteiger partial charge in [0.05, 0.1) is 22.4 Å². The van der Waals surface area contributed by atoms with Crippen LogP contribution < -0.4 is 10.9 Å². The van der Waals surface area contributed by atoms with Crippen molar-refractivity contribution in [3.8, 4) is 0 Å². The van der Waals surface area contributed by atoms with Gasteiger partial charge >= 0.3 is 14.2 Å². The fourth-order valence-corrected chi connectivity index (χ4v) is 3.02. The zero-order chi connectivity index (χ0) is 25.1. The Labute approximate surface area is 243 Å². The Morgan fingerprint density at radius 2 is 1.20 bits per heavy atom. The van der Waals surface area contributed by atoms with Gasteiger partial charge in [-0.05, 0) is 62.3 Å². The summed E-state index contributed by atoms with van der Waals surface area (Å²) in [6.45, 7) is 21.3. The average Bonchev–Trinajstić information content (AvgIpc) is 3.44. The molecule has 4 rings (SSSR count). The van der Waals surface area contributed by atoms with Crippen LogP contribution >= 0.6 is 15.9 Å². The Morgan fingerprint density at radius 3 is 1.51 bits per heavy atom. The number of H-pyrrole nitrogens is 1. The van der Waals surface area contributed by atoms with Crippen molar-refractivity contribution >= 4 is 41.1 Å². The first-order chi connectivity index (χ1) is 15.2. The van der Waals surface area contributed by atoms with Crippen LogP contribution in [-0.2, 0) is 62.3 Å². The molecular formula is C22H39B2BrN4O4V2. The van der Waals surface area contributed by atoms with Crippen LogP contribution in [-0.4, -0.2) is 61.9 Å². The van der Waals surface area contributed by atoms with Crippen LogP contribution in [0.3, 0.4) is 0 Å². The minimum Gasteiger partial charge on any atom is -0.399 e. The molecule has 0 aliphatic carbocycles. The van der Waals surface area contributed by atoms with Crippen molar-refractivity contribution in [1.29, 1.82) is 0 Å². The van der Waals surface area contributed by atoms with E-state index in [1.54, 1.807) is 12.4 Å². The summed E-state index contributed by atoms with van der Waals surface area (Å²) < 4.78 is 25.4. The van der Waals surface area contributed by atoms with E-state index in [2.05, 4.69) is 65.8 Å². The van der Waals surface area contributed by atoms with Crippen LogP contribution in [0.5, 0.6) is 0 Å². The largest absolute Gasteiger partial charge is 0.498 e. The molecule has 0 saturated carbocycles. The van der Waals surface area contributed by atoms with E-state index in [1.807, 2.05) is 51.7 Å². The van der Waals surface area contributed by atoms with Crippen LogP contribution in [0.4, 0.5) is 0 Å². The first-order valence-electron chi connectivity index (χ1n) is 11.5. The number of alkyl halides is 1. The van der Waals surface area contributed by atoms with Crippen LogP contribution in [0.25, 0.3) is 0 Å². The monoisotopic (exact) mass is 626 g/mol. The first kappa shape index (κ1) is 35.0. The zero-order valence-corrected chi connectivity index (χ0v) is 27.0. The molecule has 2 aromatic rings. The Balaban J connectivity index is 0.000000568. The van der Waals surface area contributed by atoms with Crippen LogP contribution in [0, 0.1) is 0 Å². The van der Waals surface area contributed by atoms with Gasteiger partial charge in [-0.1, -0.05) is 22.9 Å². The molecule has 2 radical (unpaired) electrons. The number of nitrogens with one attached hydrogen (secondary N) is 1. The van der Waals surface area contributed by atoms with Crippen molar-refractivity contribution in [2.75, 3.05) is 5.33 Å². The summed E-state index contributed by atoms with van der Waals surface area (Å²) in [6, 6.07) is 0. The van der Waals surface area contributed by atoms with Gasteiger partial charge in [0.1, 0.15) is 0 Å². The van der Waals surface area contributed by atoms with Gasteiger partial charge in [-0.2, -0.15) is 10.2 Å². The van der Waals surface area contributed by atoms with E-state index in [0.717, 1.165) is 22.8 Å². The normalized spacial score (nSPS) is 20.5. The topological polar surface area (TPSA) is 83.4 Å². The summed E-state index contributed by atoms with van der Waals surface area (Å²) in [6.07, 6.45) is 7.30. The summed E-state index contributed by atoms with van der Waals surface area (Å²) >= 11 is 3.15. The zero-order valence-electron chi connectivity index (χ0n) is 22.6. The van der Waals surface area contributed by atoms with E-state index in [0.29, 0.717) is 0 Å². The number of halogens is 1. The molecule has 2 fully saturated rings. The molecule has 194 valence electrons. The minimum atomic E-state index is -0.307. The molecule has 13 heteroatoms. The Morgan fingerprint density at radius 1 is 0.800 bits per heavy atom. The third-order valence-electron chi connectivity index (χ3n) is 6.55. The molecule has 8 nitrogen and oxygen atoms in total. The second-order valence-electron chi connectivity index (χ2n) is 10.1. The van der Waals surface area contributed by atoms with Gasteiger partial charge in [-0.3, -0.25) is 9.78 Å². The molecule has 2 saturated heterocycles. The Bertz CT molecular complexity index is 851. The smallest absolute Gasteiger partial charge is 0.399 e. The van der Waals surface area contributed by atoms with E-state index in [9.17, 15) is 0 Å². The number of aromatic amines is 1. The van der Waals surface area contributed by atoms with Crippen molar-refractivity contribution in [3.05, 3.63) is 24.8 Å². The molecule has 0 aromatic carbocycles. The number of aryl methyl sites for hydroxylation is 1. The fraction of sp³-hybridized carbons (Fsp3) is 0.727. The van der Waals surface area contributed by atoms with Crippen LogP contribution in [0.15, 0.2) is 24.8 Å². The average molecular weight is 627 g/mol. The molecule has 2 aromatic heterocycles. The third kappa shape index (κ3) is 8.52. The standard InChI is InChI=1S/C11H19BN2O2.C9H15BN2O2.C2H5Br.2V/c1-6-14-8-9(7-13-14)12-15-10(2,3)11(4,5)16-12;1-8(2)9(3,4)14-10(13-8)7-5-11-12-6-7;1-2-3;;/h7-8H,6H2,1-5H3;5-6H,1-4H3,(H,11,12);2H2,1H3;;. The van der Waals surface area contributed by atoms with Crippen molar-refractivity contribution in [1.82, 2.24) is 20.0 Å². The molecule has 2 aliphatic rings. The molecule has 0 amide bonds. The summed E-state index contributed by atoms with van der Waals surface area (Å²) in [4.78, 5) is 0. The van der Waals surface area contributed by atoms with Crippen LogP contribution in [0.2, 0.25) is 0 Å². The Hall–Kier alpha value is 0.0387. The summed E-state index contributed by atoms with van der Waals surface area (Å²) in [5.74, 6) is 0. The van der Waals surface area contributed by atoms with Crippen molar-refractivity contribution in [2.24, 2.45) is 0 Å². The number of rotatable bonds is 3. The first-order valence-corrected chi connectivity index (χ1v) is 12.6. The minimum absolute atomic E-state index is 0.